The molecule has 0 spiro atoms. The van der Waals surface area contributed by atoms with Crippen molar-refractivity contribution in [3.05, 3.63) is 41.1 Å². The lowest BCUT2D eigenvalue weighted by molar-refractivity contribution is 0.416. The van der Waals surface area contributed by atoms with Crippen molar-refractivity contribution in [1.82, 2.24) is 10.2 Å². The number of hydrogen-bond acceptors (Lipinski definition) is 4. The molecule has 0 unspecified atom stereocenters. The Morgan fingerprint density at radius 2 is 1.84 bits per heavy atom. The molecule has 4 nitrogen and oxygen atoms in total. The lowest BCUT2D eigenvalue weighted by Gasteiger charge is -2.11. The first kappa shape index (κ1) is 13.5. The van der Waals surface area contributed by atoms with E-state index in [2.05, 4.69) is 30.1 Å². The Hall–Kier alpha value is -1.94. The van der Waals surface area contributed by atoms with Crippen LogP contribution < -0.4 is 10.5 Å². The van der Waals surface area contributed by atoms with Crippen molar-refractivity contribution in [2.75, 3.05) is 13.7 Å². The Kier molecular flexibility index (Phi) is 4.12. The van der Waals surface area contributed by atoms with Gasteiger partial charge < -0.3 is 10.5 Å². The molecule has 0 atom stereocenters. The Balaban J connectivity index is 2.43. The lowest BCUT2D eigenvalue weighted by atomic mass is 10.0. The molecular weight excluding hydrogens is 238 g/mol. The number of hydrogen-bond donors (Lipinski definition) is 1. The monoisotopic (exact) mass is 257 g/mol. The van der Waals surface area contributed by atoms with Crippen LogP contribution >= 0.6 is 0 Å². The van der Waals surface area contributed by atoms with E-state index in [0.717, 1.165) is 29.1 Å². The van der Waals surface area contributed by atoms with Gasteiger partial charge in [0.05, 0.1) is 18.5 Å². The Morgan fingerprint density at radius 1 is 1.11 bits per heavy atom. The van der Waals surface area contributed by atoms with Crippen molar-refractivity contribution >= 4 is 0 Å². The highest BCUT2D eigenvalue weighted by Gasteiger charge is 2.10. The average molecular weight is 257 g/mol. The third-order valence-electron chi connectivity index (χ3n) is 3.21. The van der Waals surface area contributed by atoms with Crippen molar-refractivity contribution in [2.24, 2.45) is 5.73 Å². The lowest BCUT2D eigenvalue weighted by Crippen LogP contribution is -2.05. The summed E-state index contributed by atoms with van der Waals surface area (Å²) in [6, 6.07) is 8.04. The first-order chi connectivity index (χ1) is 9.15. The number of rotatable bonds is 4. The minimum absolute atomic E-state index is 0.584. The largest absolute Gasteiger partial charge is 0.496 e. The molecule has 0 bridgehead atoms. The number of ether oxygens (including phenoxy) is 1. The summed E-state index contributed by atoms with van der Waals surface area (Å²) in [6.07, 6.45) is 0.747. The second-order valence-electron chi connectivity index (χ2n) is 4.59. The highest BCUT2D eigenvalue weighted by atomic mass is 16.5. The van der Waals surface area contributed by atoms with Crippen LogP contribution in [0.2, 0.25) is 0 Å². The smallest absolute Gasteiger partial charge is 0.128 e. The summed E-state index contributed by atoms with van der Waals surface area (Å²) in [4.78, 5) is 0. The maximum absolute atomic E-state index is 5.50. The Labute approximate surface area is 113 Å². The third-order valence-corrected chi connectivity index (χ3v) is 3.21. The zero-order chi connectivity index (χ0) is 13.8. The van der Waals surface area contributed by atoms with Gasteiger partial charge in [0.15, 0.2) is 0 Å². The number of benzene rings is 1. The van der Waals surface area contributed by atoms with Gasteiger partial charge in [-0.1, -0.05) is 0 Å². The number of methoxy groups -OCH3 is 1. The molecule has 4 heteroatoms. The fourth-order valence-electron chi connectivity index (χ4n) is 1.94. The molecule has 0 amide bonds. The van der Waals surface area contributed by atoms with Gasteiger partial charge >= 0.3 is 0 Å². The van der Waals surface area contributed by atoms with E-state index >= 15 is 0 Å². The summed E-state index contributed by atoms with van der Waals surface area (Å²) in [7, 11) is 1.67. The van der Waals surface area contributed by atoms with Crippen molar-refractivity contribution in [3.63, 3.8) is 0 Å². The van der Waals surface area contributed by atoms with E-state index < -0.39 is 0 Å². The van der Waals surface area contributed by atoms with Crippen molar-refractivity contribution < 1.29 is 4.74 Å². The van der Waals surface area contributed by atoms with Gasteiger partial charge in [0, 0.05) is 12.0 Å². The molecule has 1 aromatic carbocycles. The second kappa shape index (κ2) is 5.80. The summed E-state index contributed by atoms with van der Waals surface area (Å²) in [5.74, 6) is 0.823. The third kappa shape index (κ3) is 2.90. The predicted molar refractivity (Wildman–Crippen MR) is 76.3 cm³/mol. The molecule has 0 saturated heterocycles. The van der Waals surface area contributed by atoms with E-state index in [9.17, 15) is 0 Å². The zero-order valence-electron chi connectivity index (χ0n) is 11.6. The van der Waals surface area contributed by atoms with Crippen molar-refractivity contribution in [2.45, 2.75) is 20.3 Å². The highest BCUT2D eigenvalue weighted by molar-refractivity contribution is 5.68. The fraction of sp³-hybridized carbons (Fsp3) is 0.333. The fourth-order valence-corrected chi connectivity index (χ4v) is 1.94. The molecule has 2 rings (SSSR count). The van der Waals surface area contributed by atoms with Crippen LogP contribution in [0, 0.1) is 13.8 Å². The van der Waals surface area contributed by atoms with Crippen LogP contribution in [0.25, 0.3) is 11.3 Å². The SMILES string of the molecule is COc1cc(C)c(C)cc1-c1ccc(CCN)nn1. The van der Waals surface area contributed by atoms with Crippen LogP contribution in [0.3, 0.4) is 0 Å². The van der Waals surface area contributed by atoms with E-state index in [1.807, 2.05) is 18.2 Å². The van der Waals surface area contributed by atoms with Crippen LogP contribution in [-0.2, 0) is 6.42 Å². The molecule has 0 aliphatic carbocycles. The van der Waals surface area contributed by atoms with E-state index in [1.165, 1.54) is 11.1 Å². The van der Waals surface area contributed by atoms with Gasteiger partial charge in [-0.3, -0.25) is 0 Å². The zero-order valence-corrected chi connectivity index (χ0v) is 11.6. The van der Waals surface area contributed by atoms with Crippen molar-refractivity contribution in [3.8, 4) is 17.0 Å². The standard InChI is InChI=1S/C15H19N3O/c1-10-8-13(15(19-3)9-11(10)2)14-5-4-12(6-7-16)17-18-14/h4-5,8-9H,6-7,16H2,1-3H3. The molecule has 100 valence electrons. The van der Waals surface area contributed by atoms with Crippen molar-refractivity contribution in [1.29, 1.82) is 0 Å². The van der Waals surface area contributed by atoms with E-state index in [0.29, 0.717) is 6.54 Å². The summed E-state index contributed by atoms with van der Waals surface area (Å²) in [5.41, 5.74) is 10.6. The first-order valence-electron chi connectivity index (χ1n) is 6.34. The predicted octanol–water partition coefficient (Wildman–Crippen LogP) is 2.27. The van der Waals surface area contributed by atoms with Gasteiger partial charge in [-0.05, 0) is 55.8 Å². The quantitative estimate of drug-likeness (QED) is 0.912. The summed E-state index contributed by atoms with van der Waals surface area (Å²) < 4.78 is 5.43. The van der Waals surface area contributed by atoms with Gasteiger partial charge in [-0.25, -0.2) is 0 Å². The molecule has 1 aromatic heterocycles. The van der Waals surface area contributed by atoms with Crippen LogP contribution in [0.1, 0.15) is 16.8 Å². The van der Waals surface area contributed by atoms with Gasteiger partial charge in [0.1, 0.15) is 5.75 Å². The molecule has 0 aliphatic rings. The minimum atomic E-state index is 0.584. The maximum atomic E-state index is 5.50. The summed E-state index contributed by atoms with van der Waals surface area (Å²) in [6.45, 7) is 4.73. The molecule has 2 N–H and O–H groups in total. The highest BCUT2D eigenvalue weighted by Crippen LogP contribution is 2.31. The van der Waals surface area contributed by atoms with Crippen LogP contribution in [-0.4, -0.2) is 23.9 Å². The first-order valence-corrected chi connectivity index (χ1v) is 6.34. The molecule has 19 heavy (non-hydrogen) atoms. The number of nitrogens with zero attached hydrogens (tertiary/aromatic N) is 2. The van der Waals surface area contributed by atoms with Crippen LogP contribution in [0.5, 0.6) is 5.75 Å². The normalized spacial score (nSPS) is 10.5. The van der Waals surface area contributed by atoms with Crippen LogP contribution in [0.15, 0.2) is 24.3 Å². The topological polar surface area (TPSA) is 61.0 Å². The average Bonchev–Trinajstić information content (AvgIpc) is 2.43. The van der Waals surface area contributed by atoms with Gasteiger partial charge in [0.25, 0.3) is 0 Å². The molecule has 0 radical (unpaired) electrons. The number of aryl methyl sites for hydroxylation is 2. The number of aromatic nitrogens is 2. The van der Waals surface area contributed by atoms with Gasteiger partial charge in [0.2, 0.25) is 0 Å². The Morgan fingerprint density at radius 3 is 2.42 bits per heavy atom. The molecule has 0 fully saturated rings. The Bertz CT molecular complexity index is 564. The van der Waals surface area contributed by atoms with E-state index in [4.69, 9.17) is 10.5 Å². The molecular formula is C15H19N3O. The minimum Gasteiger partial charge on any atom is -0.496 e. The number of nitrogens with two attached hydrogens (primary N) is 1. The molecule has 0 saturated carbocycles. The van der Waals surface area contributed by atoms with E-state index in [-0.39, 0.29) is 0 Å². The van der Waals surface area contributed by atoms with Crippen LogP contribution in [0.4, 0.5) is 0 Å². The molecule has 0 aliphatic heterocycles. The summed E-state index contributed by atoms with van der Waals surface area (Å²) in [5, 5.41) is 8.45. The summed E-state index contributed by atoms with van der Waals surface area (Å²) >= 11 is 0. The molecule has 2 aromatic rings. The second-order valence-corrected chi connectivity index (χ2v) is 4.59. The maximum Gasteiger partial charge on any atom is 0.128 e. The van der Waals surface area contributed by atoms with E-state index in [1.54, 1.807) is 7.11 Å². The molecule has 1 heterocycles. The van der Waals surface area contributed by atoms with Gasteiger partial charge in [-0.15, -0.1) is 0 Å². The van der Waals surface area contributed by atoms with Gasteiger partial charge in [-0.2, -0.15) is 10.2 Å².